The van der Waals surface area contributed by atoms with E-state index in [9.17, 15) is 4.39 Å². The van der Waals surface area contributed by atoms with Gasteiger partial charge in [0.2, 0.25) is 0 Å². The first-order chi connectivity index (χ1) is 8.77. The van der Waals surface area contributed by atoms with Crippen molar-refractivity contribution in [3.05, 3.63) is 29.8 Å². The van der Waals surface area contributed by atoms with Crippen molar-refractivity contribution in [2.75, 3.05) is 19.8 Å². The molecule has 1 aromatic rings. The molecule has 1 atom stereocenters. The van der Waals surface area contributed by atoms with E-state index in [1.165, 1.54) is 12.3 Å². The van der Waals surface area contributed by atoms with Crippen LogP contribution < -0.4 is 5.32 Å². The lowest BCUT2D eigenvalue weighted by Gasteiger charge is -2.16. The van der Waals surface area contributed by atoms with Gasteiger partial charge in [0.15, 0.2) is 0 Å². The van der Waals surface area contributed by atoms with Crippen LogP contribution in [0.25, 0.3) is 0 Å². The highest BCUT2D eigenvalue weighted by molar-refractivity contribution is 5.09. The van der Waals surface area contributed by atoms with Gasteiger partial charge >= 0.3 is 0 Å². The number of hydrogen-bond acceptors (Lipinski definition) is 3. The van der Waals surface area contributed by atoms with Crippen molar-refractivity contribution in [1.82, 2.24) is 10.3 Å². The van der Waals surface area contributed by atoms with Crippen LogP contribution in [0.15, 0.2) is 18.3 Å². The van der Waals surface area contributed by atoms with Crippen LogP contribution in [0.4, 0.5) is 4.39 Å². The Morgan fingerprint density at radius 2 is 2.17 bits per heavy atom. The summed E-state index contributed by atoms with van der Waals surface area (Å²) in [6.07, 6.45) is 4.25. The first-order valence-corrected chi connectivity index (χ1v) is 6.70. The van der Waals surface area contributed by atoms with E-state index in [1.807, 2.05) is 0 Å². The largest absolute Gasteiger partial charge is 0.381 e. The van der Waals surface area contributed by atoms with Gasteiger partial charge in [-0.15, -0.1) is 0 Å². The minimum absolute atomic E-state index is 0.191. The Morgan fingerprint density at radius 1 is 1.33 bits per heavy atom. The fraction of sp³-hybridized carbons (Fsp3) is 0.643. The molecule has 1 heterocycles. The minimum atomic E-state index is -0.290. The fourth-order valence-electron chi connectivity index (χ4n) is 1.75. The zero-order valence-electron chi connectivity index (χ0n) is 11.3. The van der Waals surface area contributed by atoms with Gasteiger partial charge in [-0.25, -0.2) is 4.39 Å². The summed E-state index contributed by atoms with van der Waals surface area (Å²) >= 11 is 0. The van der Waals surface area contributed by atoms with Crippen LogP contribution >= 0.6 is 0 Å². The number of rotatable bonds is 9. The Bertz CT molecular complexity index is 316. The number of aromatic nitrogens is 1. The number of halogens is 1. The Kier molecular flexibility index (Phi) is 7.53. The molecular formula is C14H23FN2O. The topological polar surface area (TPSA) is 34.1 Å². The van der Waals surface area contributed by atoms with Crippen molar-refractivity contribution in [2.45, 2.75) is 39.2 Å². The molecule has 1 unspecified atom stereocenters. The third-order valence-electron chi connectivity index (χ3n) is 2.72. The predicted molar refractivity (Wildman–Crippen MR) is 71.0 cm³/mol. The van der Waals surface area contributed by atoms with E-state index in [2.05, 4.69) is 24.1 Å². The van der Waals surface area contributed by atoms with Crippen molar-refractivity contribution in [3.8, 4) is 0 Å². The van der Waals surface area contributed by atoms with Gasteiger partial charge in [0, 0.05) is 19.3 Å². The zero-order chi connectivity index (χ0) is 13.2. The minimum Gasteiger partial charge on any atom is -0.381 e. The van der Waals surface area contributed by atoms with Crippen LogP contribution in [0.3, 0.4) is 0 Å². The molecule has 0 fully saturated rings. The summed E-state index contributed by atoms with van der Waals surface area (Å²) in [6, 6.07) is 3.39. The molecule has 0 spiro atoms. The van der Waals surface area contributed by atoms with Crippen molar-refractivity contribution in [2.24, 2.45) is 0 Å². The van der Waals surface area contributed by atoms with Gasteiger partial charge in [0.1, 0.15) is 5.82 Å². The third kappa shape index (κ3) is 5.56. The van der Waals surface area contributed by atoms with E-state index in [-0.39, 0.29) is 11.9 Å². The maximum atomic E-state index is 12.8. The standard InChI is InChI=1S/C14H23FN2O/c1-3-9-18-10-5-8-16-13(4-2)14-7-6-12(15)11-17-14/h6-7,11,13,16H,3-5,8-10H2,1-2H3. The molecule has 1 N–H and O–H groups in total. The monoisotopic (exact) mass is 254 g/mol. The predicted octanol–water partition coefficient (Wildman–Crippen LogP) is 3.08. The van der Waals surface area contributed by atoms with Gasteiger partial charge in [0.25, 0.3) is 0 Å². The van der Waals surface area contributed by atoms with Crippen molar-refractivity contribution in [3.63, 3.8) is 0 Å². The molecule has 3 nitrogen and oxygen atoms in total. The highest BCUT2D eigenvalue weighted by Gasteiger charge is 2.09. The van der Waals surface area contributed by atoms with Crippen LogP contribution in [0.5, 0.6) is 0 Å². The van der Waals surface area contributed by atoms with E-state index >= 15 is 0 Å². The Hall–Kier alpha value is -1.00. The van der Waals surface area contributed by atoms with Gasteiger partial charge in [0.05, 0.1) is 11.9 Å². The van der Waals surface area contributed by atoms with Crippen molar-refractivity contribution < 1.29 is 9.13 Å². The molecule has 0 aliphatic rings. The first kappa shape index (κ1) is 15.1. The molecule has 0 amide bonds. The highest BCUT2D eigenvalue weighted by Crippen LogP contribution is 2.13. The van der Waals surface area contributed by atoms with Gasteiger partial charge in [-0.1, -0.05) is 13.8 Å². The number of ether oxygens (including phenoxy) is 1. The van der Waals surface area contributed by atoms with Gasteiger partial charge in [-0.3, -0.25) is 4.98 Å². The second kappa shape index (κ2) is 9.00. The van der Waals surface area contributed by atoms with Crippen LogP contribution in [0, 0.1) is 5.82 Å². The second-order valence-electron chi connectivity index (χ2n) is 4.28. The van der Waals surface area contributed by atoms with E-state index in [0.717, 1.165) is 44.7 Å². The number of pyridine rings is 1. The van der Waals surface area contributed by atoms with Crippen LogP contribution in [0.1, 0.15) is 44.8 Å². The lowest BCUT2D eigenvalue weighted by atomic mass is 10.1. The van der Waals surface area contributed by atoms with Crippen molar-refractivity contribution in [1.29, 1.82) is 0 Å². The Balaban J connectivity index is 2.27. The molecule has 1 rings (SSSR count). The maximum absolute atomic E-state index is 12.8. The van der Waals surface area contributed by atoms with Gasteiger partial charge in [-0.2, -0.15) is 0 Å². The van der Waals surface area contributed by atoms with Crippen LogP contribution in [0.2, 0.25) is 0 Å². The normalized spacial score (nSPS) is 12.6. The Morgan fingerprint density at radius 3 is 2.78 bits per heavy atom. The summed E-state index contributed by atoms with van der Waals surface area (Å²) in [5, 5.41) is 3.42. The molecule has 0 saturated carbocycles. The first-order valence-electron chi connectivity index (χ1n) is 6.70. The number of hydrogen-bond donors (Lipinski definition) is 1. The smallest absolute Gasteiger partial charge is 0.141 e. The molecule has 18 heavy (non-hydrogen) atoms. The van der Waals surface area contributed by atoms with E-state index in [0.29, 0.717) is 0 Å². The molecule has 0 bridgehead atoms. The number of nitrogens with zero attached hydrogens (tertiary/aromatic N) is 1. The fourth-order valence-corrected chi connectivity index (χ4v) is 1.75. The lowest BCUT2D eigenvalue weighted by Crippen LogP contribution is -2.23. The van der Waals surface area contributed by atoms with Crippen LogP contribution in [-0.2, 0) is 4.74 Å². The molecule has 0 aromatic carbocycles. The van der Waals surface area contributed by atoms with Crippen molar-refractivity contribution >= 4 is 0 Å². The Labute approximate surface area is 109 Å². The van der Waals surface area contributed by atoms with E-state index < -0.39 is 0 Å². The van der Waals surface area contributed by atoms with Gasteiger partial charge < -0.3 is 10.1 Å². The summed E-state index contributed by atoms with van der Waals surface area (Å²) in [5.74, 6) is -0.290. The molecule has 1 aromatic heterocycles. The highest BCUT2D eigenvalue weighted by atomic mass is 19.1. The third-order valence-corrected chi connectivity index (χ3v) is 2.72. The zero-order valence-corrected chi connectivity index (χ0v) is 11.3. The molecule has 102 valence electrons. The molecule has 0 aliphatic heterocycles. The summed E-state index contributed by atoms with van der Waals surface area (Å²) in [4.78, 5) is 4.11. The average Bonchev–Trinajstić information content (AvgIpc) is 2.39. The number of nitrogens with one attached hydrogen (secondary N) is 1. The van der Waals surface area contributed by atoms with E-state index in [1.54, 1.807) is 6.07 Å². The molecule has 4 heteroatoms. The molecule has 0 radical (unpaired) electrons. The second-order valence-corrected chi connectivity index (χ2v) is 4.28. The molecule has 0 saturated heterocycles. The SMILES string of the molecule is CCCOCCCNC(CC)c1ccc(F)cn1. The quantitative estimate of drug-likeness (QED) is 0.688. The maximum Gasteiger partial charge on any atom is 0.141 e. The summed E-state index contributed by atoms with van der Waals surface area (Å²) in [7, 11) is 0. The van der Waals surface area contributed by atoms with Gasteiger partial charge in [-0.05, 0) is 37.9 Å². The van der Waals surface area contributed by atoms with E-state index in [4.69, 9.17) is 4.74 Å². The summed E-state index contributed by atoms with van der Waals surface area (Å²) < 4.78 is 18.2. The summed E-state index contributed by atoms with van der Waals surface area (Å²) in [6.45, 7) is 6.70. The molecule has 0 aliphatic carbocycles. The average molecular weight is 254 g/mol. The van der Waals surface area contributed by atoms with Crippen LogP contribution in [-0.4, -0.2) is 24.7 Å². The summed E-state index contributed by atoms with van der Waals surface area (Å²) in [5.41, 5.74) is 0.897. The lowest BCUT2D eigenvalue weighted by molar-refractivity contribution is 0.131. The molecular weight excluding hydrogens is 231 g/mol.